The Morgan fingerprint density at radius 3 is 3.15 bits per heavy atom. The molecule has 13 heavy (non-hydrogen) atoms. The Morgan fingerprint density at radius 1 is 1.69 bits per heavy atom. The van der Waals surface area contributed by atoms with Gasteiger partial charge in [-0.15, -0.1) is 0 Å². The number of ether oxygens (including phenoxy) is 1. The fourth-order valence-electron chi connectivity index (χ4n) is 0.778. The van der Waals surface area contributed by atoms with Gasteiger partial charge in [0.1, 0.15) is 0 Å². The molecule has 0 bridgehead atoms. The highest BCUT2D eigenvalue weighted by atomic mass is 32.1. The van der Waals surface area contributed by atoms with Gasteiger partial charge in [-0.2, -0.15) is 11.3 Å². The molecule has 0 saturated heterocycles. The predicted octanol–water partition coefficient (Wildman–Crippen LogP) is 1.52. The highest BCUT2D eigenvalue weighted by Gasteiger charge is 1.99. The number of thiophene rings is 1. The number of anilines is 1. The first-order valence-electron chi connectivity index (χ1n) is 3.89. The Labute approximate surface area is 80.9 Å². The van der Waals surface area contributed by atoms with Crippen LogP contribution in [0.4, 0.5) is 10.5 Å². The summed E-state index contributed by atoms with van der Waals surface area (Å²) >= 11 is 1.54. The zero-order chi connectivity index (χ0) is 9.52. The molecule has 0 fully saturated rings. The van der Waals surface area contributed by atoms with E-state index in [9.17, 15) is 4.79 Å². The normalized spacial score (nSPS) is 9.62. The summed E-state index contributed by atoms with van der Waals surface area (Å²) in [5.41, 5.74) is 0.819. The second-order valence-corrected chi connectivity index (χ2v) is 3.17. The Balaban J connectivity index is 2.18. The van der Waals surface area contributed by atoms with Crippen molar-refractivity contribution >= 4 is 23.1 Å². The summed E-state index contributed by atoms with van der Waals surface area (Å²) < 4.78 is 4.79. The smallest absolute Gasteiger partial charge is 0.319 e. The lowest BCUT2D eigenvalue weighted by atomic mass is 10.5. The lowest BCUT2D eigenvalue weighted by Gasteiger charge is -2.04. The van der Waals surface area contributed by atoms with Gasteiger partial charge in [0.15, 0.2) is 0 Å². The van der Waals surface area contributed by atoms with E-state index in [2.05, 4.69) is 10.6 Å². The summed E-state index contributed by atoms with van der Waals surface area (Å²) in [5.74, 6) is 0. The maximum Gasteiger partial charge on any atom is 0.319 e. The van der Waals surface area contributed by atoms with Crippen molar-refractivity contribution in [2.45, 2.75) is 0 Å². The van der Waals surface area contributed by atoms with Crippen LogP contribution in [0.15, 0.2) is 16.8 Å². The third-order valence-electron chi connectivity index (χ3n) is 1.37. The van der Waals surface area contributed by atoms with Crippen LogP contribution in [0.3, 0.4) is 0 Å². The minimum Gasteiger partial charge on any atom is -0.383 e. The Bertz CT molecular complexity index is 249. The Hall–Kier alpha value is -1.07. The van der Waals surface area contributed by atoms with Crippen LogP contribution in [0, 0.1) is 0 Å². The zero-order valence-electron chi connectivity index (χ0n) is 7.37. The monoisotopic (exact) mass is 200 g/mol. The molecule has 1 aromatic rings. The van der Waals surface area contributed by atoms with E-state index < -0.39 is 0 Å². The van der Waals surface area contributed by atoms with Crippen molar-refractivity contribution in [2.75, 3.05) is 25.6 Å². The highest BCUT2D eigenvalue weighted by Crippen LogP contribution is 2.10. The van der Waals surface area contributed by atoms with Crippen molar-refractivity contribution in [3.63, 3.8) is 0 Å². The van der Waals surface area contributed by atoms with Gasteiger partial charge in [-0.1, -0.05) is 0 Å². The number of carbonyl (C=O) groups is 1. The molecule has 0 saturated carbocycles. The summed E-state index contributed by atoms with van der Waals surface area (Å²) in [6, 6.07) is 1.65. The molecule has 0 radical (unpaired) electrons. The predicted molar refractivity (Wildman–Crippen MR) is 53.2 cm³/mol. The molecule has 0 aliphatic heterocycles. The van der Waals surface area contributed by atoms with Crippen molar-refractivity contribution in [3.8, 4) is 0 Å². The number of methoxy groups -OCH3 is 1. The standard InChI is InChI=1S/C8H12N2O2S/c1-12-4-3-9-8(11)10-7-2-5-13-6-7/h2,5-6H,3-4H2,1H3,(H2,9,10,11). The third-order valence-corrected chi connectivity index (χ3v) is 2.05. The molecule has 1 rings (SSSR count). The molecule has 1 heterocycles. The molecule has 2 N–H and O–H groups in total. The van der Waals surface area contributed by atoms with E-state index in [1.165, 1.54) is 0 Å². The molecule has 0 spiro atoms. The van der Waals surface area contributed by atoms with Gasteiger partial charge >= 0.3 is 6.03 Å². The van der Waals surface area contributed by atoms with Gasteiger partial charge in [0, 0.05) is 19.0 Å². The van der Waals surface area contributed by atoms with Gasteiger partial charge in [0.25, 0.3) is 0 Å². The molecule has 5 heteroatoms. The second kappa shape index (κ2) is 5.55. The van der Waals surface area contributed by atoms with Gasteiger partial charge in [0.05, 0.1) is 12.3 Å². The first-order valence-corrected chi connectivity index (χ1v) is 4.83. The van der Waals surface area contributed by atoms with E-state index in [0.717, 1.165) is 5.69 Å². The van der Waals surface area contributed by atoms with Crippen LogP contribution in [0.2, 0.25) is 0 Å². The first kappa shape index (κ1) is 10.0. The van der Waals surface area contributed by atoms with Crippen molar-refractivity contribution in [3.05, 3.63) is 16.8 Å². The molecule has 0 aromatic carbocycles. The number of nitrogens with one attached hydrogen (secondary N) is 2. The fourth-order valence-corrected chi connectivity index (χ4v) is 1.37. The van der Waals surface area contributed by atoms with Crippen molar-refractivity contribution < 1.29 is 9.53 Å². The first-order chi connectivity index (χ1) is 6.33. The Kier molecular flexibility index (Phi) is 4.28. The highest BCUT2D eigenvalue weighted by molar-refractivity contribution is 7.08. The lowest BCUT2D eigenvalue weighted by Crippen LogP contribution is -2.31. The zero-order valence-corrected chi connectivity index (χ0v) is 8.19. The van der Waals surface area contributed by atoms with Crippen molar-refractivity contribution in [1.82, 2.24) is 5.32 Å². The van der Waals surface area contributed by atoms with Crippen LogP contribution in [0.5, 0.6) is 0 Å². The van der Waals surface area contributed by atoms with Crippen LogP contribution in [0.1, 0.15) is 0 Å². The number of rotatable bonds is 4. The van der Waals surface area contributed by atoms with E-state index in [-0.39, 0.29) is 6.03 Å². The van der Waals surface area contributed by atoms with E-state index in [1.807, 2.05) is 16.8 Å². The second-order valence-electron chi connectivity index (χ2n) is 2.39. The minimum atomic E-state index is -0.199. The molecule has 0 aliphatic rings. The Morgan fingerprint density at radius 2 is 2.54 bits per heavy atom. The third kappa shape index (κ3) is 3.91. The van der Waals surface area contributed by atoms with Gasteiger partial charge < -0.3 is 15.4 Å². The number of hydrogen-bond donors (Lipinski definition) is 2. The van der Waals surface area contributed by atoms with Gasteiger partial charge in [-0.3, -0.25) is 0 Å². The molecule has 0 atom stereocenters. The molecule has 0 unspecified atom stereocenters. The number of amides is 2. The number of hydrogen-bond acceptors (Lipinski definition) is 3. The molecular formula is C8H12N2O2S. The van der Waals surface area contributed by atoms with Crippen molar-refractivity contribution in [2.24, 2.45) is 0 Å². The summed E-state index contributed by atoms with van der Waals surface area (Å²) in [7, 11) is 1.60. The average molecular weight is 200 g/mol. The van der Waals surface area contributed by atoms with Gasteiger partial charge in [0.2, 0.25) is 0 Å². The van der Waals surface area contributed by atoms with Crippen LogP contribution in [-0.4, -0.2) is 26.3 Å². The average Bonchev–Trinajstić information content (AvgIpc) is 2.57. The van der Waals surface area contributed by atoms with E-state index >= 15 is 0 Å². The molecular weight excluding hydrogens is 188 g/mol. The molecule has 0 aliphatic carbocycles. The minimum absolute atomic E-state index is 0.199. The number of urea groups is 1. The van der Waals surface area contributed by atoms with Crippen LogP contribution >= 0.6 is 11.3 Å². The molecule has 4 nitrogen and oxygen atoms in total. The maximum absolute atomic E-state index is 11.1. The van der Waals surface area contributed by atoms with E-state index in [0.29, 0.717) is 13.2 Å². The lowest BCUT2D eigenvalue weighted by molar-refractivity contribution is 0.198. The van der Waals surface area contributed by atoms with Crippen LogP contribution in [0.25, 0.3) is 0 Å². The summed E-state index contributed by atoms with van der Waals surface area (Å²) in [6.45, 7) is 1.05. The van der Waals surface area contributed by atoms with Crippen LogP contribution in [-0.2, 0) is 4.74 Å². The number of carbonyl (C=O) groups excluding carboxylic acids is 1. The van der Waals surface area contributed by atoms with Crippen LogP contribution < -0.4 is 10.6 Å². The van der Waals surface area contributed by atoms with Crippen molar-refractivity contribution in [1.29, 1.82) is 0 Å². The van der Waals surface area contributed by atoms with Gasteiger partial charge in [-0.05, 0) is 11.4 Å². The van der Waals surface area contributed by atoms with Gasteiger partial charge in [-0.25, -0.2) is 4.79 Å². The largest absolute Gasteiger partial charge is 0.383 e. The quantitative estimate of drug-likeness (QED) is 0.724. The van der Waals surface area contributed by atoms with E-state index in [1.54, 1.807) is 18.4 Å². The molecule has 72 valence electrons. The molecule has 2 amide bonds. The SMILES string of the molecule is COCCNC(=O)Nc1ccsc1. The fraction of sp³-hybridized carbons (Fsp3) is 0.375. The molecule has 1 aromatic heterocycles. The van der Waals surface area contributed by atoms with E-state index in [4.69, 9.17) is 4.74 Å². The summed E-state index contributed by atoms with van der Waals surface area (Å²) in [4.78, 5) is 11.1. The summed E-state index contributed by atoms with van der Waals surface area (Å²) in [5, 5.41) is 9.12. The summed E-state index contributed by atoms with van der Waals surface area (Å²) in [6.07, 6.45) is 0. The maximum atomic E-state index is 11.1. The topological polar surface area (TPSA) is 50.4 Å².